The zero-order valence-electron chi connectivity index (χ0n) is 11.0. The molecule has 0 aliphatic carbocycles. The van der Waals surface area contributed by atoms with Crippen LogP contribution in [0.25, 0.3) is 0 Å². The molecule has 0 radical (unpaired) electrons. The fraction of sp³-hybridized carbons (Fsp3) is 0.600. The molecule has 1 aliphatic rings. The van der Waals surface area contributed by atoms with Crippen molar-refractivity contribution in [3.8, 4) is 11.8 Å². The summed E-state index contributed by atoms with van der Waals surface area (Å²) >= 11 is 1.77. The molecular weight excluding hydrogens is 242 g/mol. The van der Waals surface area contributed by atoms with E-state index in [-0.39, 0.29) is 6.61 Å². The van der Waals surface area contributed by atoms with Crippen molar-refractivity contribution in [2.24, 2.45) is 5.92 Å². The van der Waals surface area contributed by atoms with Crippen LogP contribution in [0.3, 0.4) is 0 Å². The molecule has 1 N–H and O–H groups in total. The van der Waals surface area contributed by atoms with Gasteiger partial charge in [0, 0.05) is 17.0 Å². The van der Waals surface area contributed by atoms with E-state index in [1.807, 2.05) is 0 Å². The number of nitrogens with zero attached hydrogens (tertiary/aromatic N) is 1. The van der Waals surface area contributed by atoms with E-state index in [1.54, 1.807) is 11.3 Å². The van der Waals surface area contributed by atoms with Crippen molar-refractivity contribution in [2.45, 2.75) is 32.7 Å². The fourth-order valence-corrected chi connectivity index (χ4v) is 3.34. The predicted molar refractivity (Wildman–Crippen MR) is 76.6 cm³/mol. The Morgan fingerprint density at radius 1 is 1.44 bits per heavy atom. The molecule has 1 saturated heterocycles. The minimum atomic E-state index is -0.0584. The average molecular weight is 263 g/mol. The van der Waals surface area contributed by atoms with Gasteiger partial charge in [-0.25, -0.2) is 0 Å². The zero-order valence-corrected chi connectivity index (χ0v) is 11.8. The van der Waals surface area contributed by atoms with Crippen LogP contribution in [0.4, 0.5) is 0 Å². The molecule has 0 aromatic carbocycles. The highest BCUT2D eigenvalue weighted by Crippen LogP contribution is 2.24. The first kappa shape index (κ1) is 13.6. The minimum Gasteiger partial charge on any atom is -0.384 e. The van der Waals surface area contributed by atoms with Crippen LogP contribution >= 0.6 is 11.3 Å². The molecule has 0 atom stereocenters. The Morgan fingerprint density at radius 2 is 2.22 bits per heavy atom. The SMILES string of the molecule is CCC1CCN(Cc2sccc2C#CCO)CC1. The Kier molecular flexibility index (Phi) is 5.25. The summed E-state index contributed by atoms with van der Waals surface area (Å²) in [4.78, 5) is 3.87. The van der Waals surface area contributed by atoms with Gasteiger partial charge in [0.25, 0.3) is 0 Å². The monoisotopic (exact) mass is 263 g/mol. The number of hydrogen-bond acceptors (Lipinski definition) is 3. The molecule has 3 heteroatoms. The van der Waals surface area contributed by atoms with E-state index >= 15 is 0 Å². The Morgan fingerprint density at radius 3 is 2.89 bits per heavy atom. The van der Waals surface area contributed by atoms with Crippen LogP contribution in [0.1, 0.15) is 36.6 Å². The second-order valence-corrected chi connectivity index (χ2v) is 5.85. The molecule has 2 rings (SSSR count). The normalized spacial score (nSPS) is 17.4. The summed E-state index contributed by atoms with van der Waals surface area (Å²) in [5.41, 5.74) is 1.09. The Hall–Kier alpha value is -0.820. The maximum absolute atomic E-state index is 8.75. The molecule has 0 spiro atoms. The molecule has 0 bridgehead atoms. The molecule has 18 heavy (non-hydrogen) atoms. The molecule has 0 unspecified atom stereocenters. The zero-order chi connectivity index (χ0) is 12.8. The van der Waals surface area contributed by atoms with Gasteiger partial charge in [0.05, 0.1) is 0 Å². The number of rotatable bonds is 3. The predicted octanol–water partition coefficient (Wildman–Crippen LogP) is 2.71. The lowest BCUT2D eigenvalue weighted by atomic mass is 9.94. The molecule has 0 saturated carbocycles. The summed E-state index contributed by atoms with van der Waals surface area (Å²) in [6.07, 6.45) is 3.99. The van der Waals surface area contributed by atoms with E-state index in [2.05, 4.69) is 35.1 Å². The summed E-state index contributed by atoms with van der Waals surface area (Å²) in [7, 11) is 0. The van der Waals surface area contributed by atoms with Crippen molar-refractivity contribution in [3.05, 3.63) is 21.9 Å². The van der Waals surface area contributed by atoms with Gasteiger partial charge < -0.3 is 5.11 Å². The van der Waals surface area contributed by atoms with E-state index in [0.29, 0.717) is 0 Å². The number of aliphatic hydroxyl groups is 1. The first-order chi connectivity index (χ1) is 8.83. The van der Waals surface area contributed by atoms with Gasteiger partial charge in [0.15, 0.2) is 0 Å². The molecular formula is C15H21NOS. The number of hydrogen-bond donors (Lipinski definition) is 1. The second-order valence-electron chi connectivity index (χ2n) is 4.85. The lowest BCUT2D eigenvalue weighted by molar-refractivity contribution is 0.176. The maximum atomic E-state index is 8.75. The number of piperidine rings is 1. The third kappa shape index (κ3) is 3.58. The standard InChI is InChI=1S/C15H21NOS/c1-2-13-5-8-16(9-6-13)12-15-14(4-3-10-17)7-11-18-15/h7,11,13,17H,2,5-6,8-10,12H2,1H3. The highest BCUT2D eigenvalue weighted by atomic mass is 32.1. The van der Waals surface area contributed by atoms with Crippen LogP contribution in [-0.2, 0) is 6.54 Å². The van der Waals surface area contributed by atoms with E-state index in [1.165, 1.54) is 37.2 Å². The molecule has 98 valence electrons. The summed E-state index contributed by atoms with van der Waals surface area (Å²) in [5, 5.41) is 10.8. The van der Waals surface area contributed by atoms with Gasteiger partial charge in [-0.15, -0.1) is 11.3 Å². The highest BCUT2D eigenvalue weighted by molar-refractivity contribution is 7.10. The molecule has 1 aromatic rings. The summed E-state index contributed by atoms with van der Waals surface area (Å²) < 4.78 is 0. The quantitative estimate of drug-likeness (QED) is 0.848. The van der Waals surface area contributed by atoms with Crippen LogP contribution in [-0.4, -0.2) is 29.7 Å². The fourth-order valence-electron chi connectivity index (χ4n) is 2.47. The molecule has 1 fully saturated rings. The van der Waals surface area contributed by atoms with E-state index in [0.717, 1.165) is 18.0 Å². The van der Waals surface area contributed by atoms with Gasteiger partial charge in [0.2, 0.25) is 0 Å². The van der Waals surface area contributed by atoms with Crippen LogP contribution < -0.4 is 0 Å². The lowest BCUT2D eigenvalue weighted by Gasteiger charge is -2.31. The number of thiophene rings is 1. The minimum absolute atomic E-state index is 0.0584. The van der Waals surface area contributed by atoms with E-state index < -0.39 is 0 Å². The maximum Gasteiger partial charge on any atom is 0.104 e. The average Bonchev–Trinajstić information content (AvgIpc) is 2.84. The van der Waals surface area contributed by atoms with E-state index in [9.17, 15) is 0 Å². The lowest BCUT2D eigenvalue weighted by Crippen LogP contribution is -2.32. The van der Waals surface area contributed by atoms with Crippen molar-refractivity contribution in [3.63, 3.8) is 0 Å². The van der Waals surface area contributed by atoms with Gasteiger partial charge in [-0.05, 0) is 43.3 Å². The Bertz CT molecular complexity index is 421. The van der Waals surface area contributed by atoms with Crippen LogP contribution in [0.5, 0.6) is 0 Å². The highest BCUT2D eigenvalue weighted by Gasteiger charge is 2.18. The van der Waals surface area contributed by atoms with Crippen molar-refractivity contribution in [1.29, 1.82) is 0 Å². The Balaban J connectivity index is 1.92. The summed E-state index contributed by atoms with van der Waals surface area (Å²) in [6.45, 7) is 5.68. The summed E-state index contributed by atoms with van der Waals surface area (Å²) in [5.74, 6) is 6.70. The first-order valence-electron chi connectivity index (χ1n) is 6.72. The van der Waals surface area contributed by atoms with Gasteiger partial charge in [-0.3, -0.25) is 4.90 Å². The van der Waals surface area contributed by atoms with Crippen LogP contribution in [0.2, 0.25) is 0 Å². The second kappa shape index (κ2) is 6.94. The van der Waals surface area contributed by atoms with Crippen molar-refractivity contribution < 1.29 is 5.11 Å². The van der Waals surface area contributed by atoms with Crippen molar-refractivity contribution in [1.82, 2.24) is 4.90 Å². The van der Waals surface area contributed by atoms with Gasteiger partial charge in [-0.1, -0.05) is 25.2 Å². The van der Waals surface area contributed by atoms with Crippen LogP contribution in [0, 0.1) is 17.8 Å². The largest absolute Gasteiger partial charge is 0.384 e. The summed E-state index contributed by atoms with van der Waals surface area (Å²) in [6, 6.07) is 2.06. The first-order valence-corrected chi connectivity index (χ1v) is 7.60. The molecule has 1 aromatic heterocycles. The van der Waals surface area contributed by atoms with Gasteiger partial charge in [-0.2, -0.15) is 0 Å². The van der Waals surface area contributed by atoms with Crippen molar-refractivity contribution >= 4 is 11.3 Å². The topological polar surface area (TPSA) is 23.5 Å². The van der Waals surface area contributed by atoms with Crippen LogP contribution in [0.15, 0.2) is 11.4 Å². The third-order valence-corrected chi connectivity index (χ3v) is 4.60. The molecule has 0 amide bonds. The molecule has 2 nitrogen and oxygen atoms in total. The van der Waals surface area contributed by atoms with E-state index in [4.69, 9.17) is 5.11 Å². The molecule has 2 heterocycles. The third-order valence-electron chi connectivity index (χ3n) is 3.70. The number of likely N-dealkylation sites (tertiary alicyclic amines) is 1. The van der Waals surface area contributed by atoms with Gasteiger partial charge >= 0.3 is 0 Å². The van der Waals surface area contributed by atoms with Gasteiger partial charge in [0.1, 0.15) is 6.61 Å². The Labute approximate surface area is 114 Å². The molecule has 1 aliphatic heterocycles. The number of aliphatic hydroxyl groups excluding tert-OH is 1. The van der Waals surface area contributed by atoms with Crippen molar-refractivity contribution in [2.75, 3.05) is 19.7 Å². The smallest absolute Gasteiger partial charge is 0.104 e.